The first-order valence-electron chi connectivity index (χ1n) is 5.96. The molecular formula is C12H15NO7. The second-order valence-corrected chi connectivity index (χ2v) is 4.48. The van der Waals surface area contributed by atoms with Crippen molar-refractivity contribution in [3.8, 4) is 5.75 Å². The van der Waals surface area contributed by atoms with E-state index in [0.29, 0.717) is 0 Å². The maximum absolute atomic E-state index is 11.7. The van der Waals surface area contributed by atoms with Crippen LogP contribution >= 0.6 is 0 Å². The highest BCUT2D eigenvalue weighted by Crippen LogP contribution is 2.28. The smallest absolute Gasteiger partial charge is 0.302 e. The number of carbonyl (C=O) groups is 1. The lowest BCUT2D eigenvalue weighted by molar-refractivity contribution is -0.147. The molecule has 0 radical (unpaired) electrons. The van der Waals surface area contributed by atoms with Gasteiger partial charge in [0, 0.05) is 19.2 Å². The molecule has 1 saturated heterocycles. The Morgan fingerprint density at radius 1 is 1.45 bits per heavy atom. The van der Waals surface area contributed by atoms with E-state index in [-0.39, 0.29) is 12.4 Å². The van der Waals surface area contributed by atoms with Gasteiger partial charge < -0.3 is 24.8 Å². The molecule has 20 heavy (non-hydrogen) atoms. The highest BCUT2D eigenvalue weighted by molar-refractivity contribution is 5.65. The van der Waals surface area contributed by atoms with Crippen LogP contribution in [0.25, 0.3) is 0 Å². The summed E-state index contributed by atoms with van der Waals surface area (Å²) in [4.78, 5) is 22.4. The summed E-state index contributed by atoms with van der Waals surface area (Å²) in [6.07, 6.45) is -3.44. The topological polar surface area (TPSA) is 118 Å². The molecule has 2 rings (SSSR count). The van der Waals surface area contributed by atoms with Crippen molar-refractivity contribution in [2.75, 3.05) is 6.61 Å². The van der Waals surface area contributed by atoms with Gasteiger partial charge in [0.05, 0.1) is 0 Å². The van der Waals surface area contributed by atoms with Crippen LogP contribution in [0.15, 0.2) is 23.1 Å². The van der Waals surface area contributed by atoms with Crippen LogP contribution in [-0.4, -0.2) is 50.8 Å². The summed E-state index contributed by atoms with van der Waals surface area (Å²) in [6.45, 7) is 0.983. The molecule has 2 heterocycles. The molecule has 1 aromatic heterocycles. The third-order valence-corrected chi connectivity index (χ3v) is 2.99. The lowest BCUT2D eigenvalue weighted by atomic mass is 10.1. The minimum absolute atomic E-state index is 0.212. The van der Waals surface area contributed by atoms with Crippen LogP contribution in [0.1, 0.15) is 13.2 Å². The van der Waals surface area contributed by atoms with Gasteiger partial charge in [-0.25, -0.2) is 0 Å². The zero-order chi connectivity index (χ0) is 14.9. The van der Waals surface area contributed by atoms with Crippen molar-refractivity contribution in [1.82, 2.24) is 4.57 Å². The molecule has 1 aliphatic heterocycles. The standard InChI is InChI=1S/C12H15NO7/c1-6(14)19-5-8-10(17)11(18)12(20-8)13-3-2-7(15)4-9(13)16/h2-4,8,10-12,15,17-18H,5H2,1H3. The van der Waals surface area contributed by atoms with Crippen molar-refractivity contribution in [3.63, 3.8) is 0 Å². The van der Waals surface area contributed by atoms with Gasteiger partial charge in [0.1, 0.15) is 30.7 Å². The van der Waals surface area contributed by atoms with E-state index in [4.69, 9.17) is 9.47 Å². The molecule has 3 N–H and O–H groups in total. The Morgan fingerprint density at radius 2 is 2.15 bits per heavy atom. The molecule has 1 fully saturated rings. The molecule has 1 aromatic rings. The number of pyridine rings is 1. The summed E-state index contributed by atoms with van der Waals surface area (Å²) in [6, 6.07) is 2.21. The highest BCUT2D eigenvalue weighted by Gasteiger charge is 2.44. The molecule has 4 unspecified atom stereocenters. The van der Waals surface area contributed by atoms with Crippen LogP contribution < -0.4 is 5.56 Å². The molecule has 4 atom stereocenters. The first-order valence-corrected chi connectivity index (χ1v) is 5.96. The lowest BCUT2D eigenvalue weighted by Crippen LogP contribution is -2.35. The maximum atomic E-state index is 11.7. The van der Waals surface area contributed by atoms with E-state index in [0.717, 1.165) is 10.6 Å². The summed E-state index contributed by atoms with van der Waals surface area (Å²) in [5, 5.41) is 28.9. The SMILES string of the molecule is CC(=O)OCC1OC(n2ccc(O)cc2=O)C(O)C1O. The molecule has 0 amide bonds. The van der Waals surface area contributed by atoms with Crippen molar-refractivity contribution in [3.05, 3.63) is 28.7 Å². The predicted molar refractivity (Wildman–Crippen MR) is 64.9 cm³/mol. The highest BCUT2D eigenvalue weighted by atomic mass is 16.6. The van der Waals surface area contributed by atoms with Gasteiger partial charge in [0.2, 0.25) is 0 Å². The average Bonchev–Trinajstić information content (AvgIpc) is 2.64. The Balaban J connectivity index is 2.17. The zero-order valence-corrected chi connectivity index (χ0v) is 10.7. The largest absolute Gasteiger partial charge is 0.508 e. The predicted octanol–water partition coefficient (Wildman–Crippen LogP) is -1.26. The summed E-state index contributed by atoms with van der Waals surface area (Å²) >= 11 is 0. The van der Waals surface area contributed by atoms with E-state index in [1.165, 1.54) is 19.2 Å². The zero-order valence-electron chi connectivity index (χ0n) is 10.7. The number of nitrogens with zero attached hydrogens (tertiary/aromatic N) is 1. The number of hydrogen-bond donors (Lipinski definition) is 3. The van der Waals surface area contributed by atoms with Crippen molar-refractivity contribution >= 4 is 5.97 Å². The van der Waals surface area contributed by atoms with Crippen LogP contribution in [0.2, 0.25) is 0 Å². The summed E-state index contributed by atoms with van der Waals surface area (Å²) in [5.41, 5.74) is -0.589. The Bertz CT molecular complexity index is 555. The van der Waals surface area contributed by atoms with Crippen LogP contribution in [0.4, 0.5) is 0 Å². The molecule has 8 nitrogen and oxygen atoms in total. The number of aromatic hydroxyl groups is 1. The van der Waals surface area contributed by atoms with E-state index in [1.807, 2.05) is 0 Å². The van der Waals surface area contributed by atoms with Crippen molar-refractivity contribution in [2.24, 2.45) is 0 Å². The number of esters is 1. The quantitative estimate of drug-likeness (QED) is 0.593. The van der Waals surface area contributed by atoms with Crippen molar-refractivity contribution in [1.29, 1.82) is 0 Å². The van der Waals surface area contributed by atoms with Gasteiger partial charge in [-0.15, -0.1) is 0 Å². The van der Waals surface area contributed by atoms with Crippen LogP contribution in [-0.2, 0) is 14.3 Å². The summed E-state index contributed by atoms with van der Waals surface area (Å²) in [5.74, 6) is -0.753. The summed E-state index contributed by atoms with van der Waals surface area (Å²) < 4.78 is 11.1. The Labute approximate surface area is 113 Å². The van der Waals surface area contributed by atoms with Gasteiger partial charge in [-0.3, -0.25) is 14.2 Å². The fourth-order valence-corrected chi connectivity index (χ4v) is 1.99. The van der Waals surface area contributed by atoms with E-state index in [1.54, 1.807) is 0 Å². The third kappa shape index (κ3) is 2.82. The molecule has 0 spiro atoms. The molecule has 0 aliphatic carbocycles. The van der Waals surface area contributed by atoms with Gasteiger partial charge in [-0.2, -0.15) is 0 Å². The first kappa shape index (κ1) is 14.5. The molecule has 0 bridgehead atoms. The van der Waals surface area contributed by atoms with E-state index in [9.17, 15) is 24.9 Å². The van der Waals surface area contributed by atoms with E-state index in [2.05, 4.69) is 0 Å². The molecular weight excluding hydrogens is 270 g/mol. The molecule has 0 saturated carbocycles. The van der Waals surface area contributed by atoms with Gasteiger partial charge in [0.15, 0.2) is 6.23 Å². The van der Waals surface area contributed by atoms with Gasteiger partial charge >= 0.3 is 5.97 Å². The Morgan fingerprint density at radius 3 is 2.75 bits per heavy atom. The van der Waals surface area contributed by atoms with Gasteiger partial charge in [-0.05, 0) is 6.07 Å². The molecule has 8 heteroatoms. The lowest BCUT2D eigenvalue weighted by Gasteiger charge is -2.17. The number of aromatic nitrogens is 1. The van der Waals surface area contributed by atoms with Crippen molar-refractivity contribution < 1.29 is 29.6 Å². The molecule has 110 valence electrons. The first-order chi connectivity index (χ1) is 9.40. The van der Waals surface area contributed by atoms with Crippen LogP contribution in [0, 0.1) is 0 Å². The van der Waals surface area contributed by atoms with Gasteiger partial charge in [-0.1, -0.05) is 0 Å². The van der Waals surface area contributed by atoms with Crippen LogP contribution in [0.3, 0.4) is 0 Å². The van der Waals surface area contributed by atoms with Crippen LogP contribution in [0.5, 0.6) is 5.75 Å². The number of aliphatic hydroxyl groups excluding tert-OH is 2. The van der Waals surface area contributed by atoms with Gasteiger partial charge in [0.25, 0.3) is 5.56 Å². The third-order valence-electron chi connectivity index (χ3n) is 2.99. The molecule has 0 aromatic carbocycles. The maximum Gasteiger partial charge on any atom is 0.302 e. The second-order valence-electron chi connectivity index (χ2n) is 4.48. The van der Waals surface area contributed by atoms with E-state index >= 15 is 0 Å². The Hall–Kier alpha value is -1.90. The minimum Gasteiger partial charge on any atom is -0.508 e. The number of hydrogen-bond acceptors (Lipinski definition) is 7. The fraction of sp³-hybridized carbons (Fsp3) is 0.500. The minimum atomic E-state index is -1.35. The number of carbonyl (C=O) groups excluding carboxylic acids is 1. The summed E-state index contributed by atoms with van der Waals surface area (Å²) in [7, 11) is 0. The number of ether oxygens (including phenoxy) is 2. The van der Waals surface area contributed by atoms with E-state index < -0.39 is 36.1 Å². The second kappa shape index (κ2) is 5.61. The molecule has 1 aliphatic rings. The Kier molecular flexibility index (Phi) is 4.07. The monoisotopic (exact) mass is 285 g/mol. The average molecular weight is 285 g/mol. The fourth-order valence-electron chi connectivity index (χ4n) is 1.99. The normalized spacial score (nSPS) is 29.4. The number of rotatable bonds is 3. The number of aliphatic hydroxyl groups is 2. The van der Waals surface area contributed by atoms with Crippen molar-refractivity contribution in [2.45, 2.75) is 31.5 Å².